The largest absolute Gasteiger partial charge is 0.359 e. The van der Waals surface area contributed by atoms with E-state index in [1.807, 2.05) is 0 Å². The van der Waals surface area contributed by atoms with E-state index in [2.05, 4.69) is 31.0 Å². The van der Waals surface area contributed by atoms with Gasteiger partial charge in [0.05, 0.1) is 5.92 Å². The highest BCUT2D eigenvalue weighted by Gasteiger charge is 2.33. The van der Waals surface area contributed by atoms with E-state index in [4.69, 9.17) is 0 Å². The summed E-state index contributed by atoms with van der Waals surface area (Å²) in [6.07, 6.45) is 0.997. The van der Waals surface area contributed by atoms with Crippen LogP contribution in [0.15, 0.2) is 0 Å². The number of nitrogens with zero attached hydrogens (tertiary/aromatic N) is 1. The zero-order chi connectivity index (χ0) is 10.1. The van der Waals surface area contributed by atoms with Crippen molar-refractivity contribution in [2.24, 2.45) is 5.92 Å². The number of likely N-dealkylation sites (tertiary alicyclic amines) is 1. The molecule has 76 valence electrons. The zero-order valence-electron chi connectivity index (χ0n) is 9.05. The van der Waals surface area contributed by atoms with Crippen molar-refractivity contribution in [3.8, 4) is 0 Å². The topological polar surface area (TPSA) is 32.3 Å². The van der Waals surface area contributed by atoms with Crippen LogP contribution in [0.1, 0.15) is 27.2 Å². The minimum atomic E-state index is 0.187. The minimum Gasteiger partial charge on any atom is -0.359 e. The zero-order valence-corrected chi connectivity index (χ0v) is 9.05. The van der Waals surface area contributed by atoms with Gasteiger partial charge in [-0.15, -0.1) is 0 Å². The molecule has 0 aromatic rings. The molecule has 13 heavy (non-hydrogen) atoms. The molecular formula is C10H20N2O. The van der Waals surface area contributed by atoms with Gasteiger partial charge in [0.2, 0.25) is 5.91 Å². The van der Waals surface area contributed by atoms with Gasteiger partial charge in [-0.05, 0) is 33.7 Å². The molecule has 1 N–H and O–H groups in total. The lowest BCUT2D eigenvalue weighted by Gasteiger charge is -2.31. The molecule has 0 aromatic heterocycles. The molecule has 0 aliphatic carbocycles. The number of carbonyl (C=O) groups excluding carboxylic acids is 1. The van der Waals surface area contributed by atoms with Gasteiger partial charge in [-0.1, -0.05) is 0 Å². The van der Waals surface area contributed by atoms with Gasteiger partial charge in [0.1, 0.15) is 0 Å². The Kier molecular flexibility index (Phi) is 2.96. The lowest BCUT2D eigenvalue weighted by Crippen LogP contribution is -2.40. The average Bonchev–Trinajstić information content (AvgIpc) is 2.50. The first kappa shape index (κ1) is 10.5. The highest BCUT2D eigenvalue weighted by Crippen LogP contribution is 2.24. The van der Waals surface area contributed by atoms with E-state index >= 15 is 0 Å². The summed E-state index contributed by atoms with van der Waals surface area (Å²) in [6, 6.07) is 0. The monoisotopic (exact) mass is 184 g/mol. The van der Waals surface area contributed by atoms with Crippen LogP contribution in [0.25, 0.3) is 0 Å². The summed E-state index contributed by atoms with van der Waals surface area (Å²) < 4.78 is 0. The maximum Gasteiger partial charge on any atom is 0.224 e. The van der Waals surface area contributed by atoms with Gasteiger partial charge in [0.15, 0.2) is 0 Å². The predicted octanol–water partition coefficient (Wildman–Crippen LogP) is 0.853. The maximum absolute atomic E-state index is 11.3. The Morgan fingerprint density at radius 1 is 1.46 bits per heavy atom. The highest BCUT2D eigenvalue weighted by atomic mass is 16.1. The second-order valence-corrected chi connectivity index (χ2v) is 4.72. The lowest BCUT2D eigenvalue weighted by atomic mass is 10.1. The summed E-state index contributed by atoms with van der Waals surface area (Å²) in [4.78, 5) is 13.7. The second kappa shape index (κ2) is 3.66. The molecule has 1 rings (SSSR count). The van der Waals surface area contributed by atoms with Crippen LogP contribution < -0.4 is 5.32 Å². The molecule has 1 heterocycles. The van der Waals surface area contributed by atoms with Crippen molar-refractivity contribution in [1.82, 2.24) is 10.2 Å². The smallest absolute Gasteiger partial charge is 0.224 e. The van der Waals surface area contributed by atoms with Gasteiger partial charge in [0, 0.05) is 19.1 Å². The highest BCUT2D eigenvalue weighted by molar-refractivity contribution is 5.78. The lowest BCUT2D eigenvalue weighted by molar-refractivity contribution is -0.124. The first-order chi connectivity index (χ1) is 5.95. The summed E-state index contributed by atoms with van der Waals surface area (Å²) in [7, 11) is 1.71. The van der Waals surface area contributed by atoms with Crippen LogP contribution in [0, 0.1) is 5.92 Å². The third-order valence-corrected chi connectivity index (χ3v) is 2.75. The van der Waals surface area contributed by atoms with Crippen LogP contribution in [0.2, 0.25) is 0 Å². The molecule has 0 spiro atoms. The van der Waals surface area contributed by atoms with Crippen molar-refractivity contribution in [2.75, 3.05) is 20.1 Å². The standard InChI is InChI=1S/C10H20N2O/c1-10(2,3)12-6-5-8(7-12)9(13)11-4/h8H,5-7H2,1-4H3,(H,11,13). The van der Waals surface area contributed by atoms with E-state index in [0.717, 1.165) is 19.5 Å². The van der Waals surface area contributed by atoms with E-state index in [0.29, 0.717) is 0 Å². The quantitative estimate of drug-likeness (QED) is 0.655. The fraction of sp³-hybridized carbons (Fsp3) is 0.900. The van der Waals surface area contributed by atoms with E-state index < -0.39 is 0 Å². The summed E-state index contributed by atoms with van der Waals surface area (Å²) >= 11 is 0. The number of nitrogens with one attached hydrogen (secondary N) is 1. The van der Waals surface area contributed by atoms with E-state index in [9.17, 15) is 4.79 Å². The summed E-state index contributed by atoms with van der Waals surface area (Å²) in [5.41, 5.74) is 0.197. The molecule has 1 saturated heterocycles. The maximum atomic E-state index is 11.3. The molecular weight excluding hydrogens is 164 g/mol. The van der Waals surface area contributed by atoms with Crippen molar-refractivity contribution in [1.29, 1.82) is 0 Å². The molecule has 0 bridgehead atoms. The van der Waals surface area contributed by atoms with Crippen LogP contribution >= 0.6 is 0 Å². The summed E-state index contributed by atoms with van der Waals surface area (Å²) in [6.45, 7) is 8.53. The van der Waals surface area contributed by atoms with Gasteiger partial charge >= 0.3 is 0 Å². The third-order valence-electron chi connectivity index (χ3n) is 2.75. The number of amides is 1. The Morgan fingerprint density at radius 2 is 2.08 bits per heavy atom. The van der Waals surface area contributed by atoms with Crippen molar-refractivity contribution in [2.45, 2.75) is 32.7 Å². The predicted molar refractivity (Wildman–Crippen MR) is 53.5 cm³/mol. The molecule has 1 atom stereocenters. The van der Waals surface area contributed by atoms with E-state index in [1.165, 1.54) is 0 Å². The molecule has 0 radical (unpaired) electrons. The Labute approximate surface area is 80.5 Å². The first-order valence-corrected chi connectivity index (χ1v) is 4.92. The van der Waals surface area contributed by atoms with Crippen molar-refractivity contribution < 1.29 is 4.79 Å². The molecule has 3 heteroatoms. The van der Waals surface area contributed by atoms with Crippen LogP contribution in [0.4, 0.5) is 0 Å². The Morgan fingerprint density at radius 3 is 2.46 bits per heavy atom. The molecule has 1 unspecified atom stereocenters. The third kappa shape index (κ3) is 2.44. The van der Waals surface area contributed by atoms with Gasteiger partial charge in [0.25, 0.3) is 0 Å². The molecule has 1 aliphatic rings. The summed E-state index contributed by atoms with van der Waals surface area (Å²) in [5.74, 6) is 0.385. The van der Waals surface area contributed by atoms with Crippen LogP contribution in [-0.4, -0.2) is 36.5 Å². The Bertz CT molecular complexity index is 196. The average molecular weight is 184 g/mol. The number of rotatable bonds is 1. The molecule has 1 amide bonds. The molecule has 3 nitrogen and oxygen atoms in total. The number of hydrogen-bond acceptors (Lipinski definition) is 2. The Hall–Kier alpha value is -0.570. The molecule has 0 aromatic carbocycles. The summed E-state index contributed by atoms with van der Waals surface area (Å²) in [5, 5.41) is 2.71. The van der Waals surface area contributed by atoms with E-state index in [-0.39, 0.29) is 17.4 Å². The number of carbonyl (C=O) groups is 1. The fourth-order valence-electron chi connectivity index (χ4n) is 1.79. The van der Waals surface area contributed by atoms with Gasteiger partial charge in [-0.25, -0.2) is 0 Å². The van der Waals surface area contributed by atoms with Crippen LogP contribution in [-0.2, 0) is 4.79 Å². The minimum absolute atomic E-state index is 0.187. The van der Waals surface area contributed by atoms with Crippen LogP contribution in [0.5, 0.6) is 0 Å². The van der Waals surface area contributed by atoms with Gasteiger partial charge in [-0.2, -0.15) is 0 Å². The molecule has 1 fully saturated rings. The van der Waals surface area contributed by atoms with Gasteiger partial charge in [-0.3, -0.25) is 9.69 Å². The fourth-order valence-corrected chi connectivity index (χ4v) is 1.79. The van der Waals surface area contributed by atoms with Gasteiger partial charge < -0.3 is 5.32 Å². The van der Waals surface area contributed by atoms with Crippen molar-refractivity contribution in [3.05, 3.63) is 0 Å². The second-order valence-electron chi connectivity index (χ2n) is 4.72. The SMILES string of the molecule is CNC(=O)C1CCN(C(C)(C)C)C1. The van der Waals surface area contributed by atoms with E-state index in [1.54, 1.807) is 7.05 Å². The molecule has 1 aliphatic heterocycles. The number of hydrogen-bond donors (Lipinski definition) is 1. The Balaban J connectivity index is 2.50. The normalized spacial score (nSPS) is 24.8. The van der Waals surface area contributed by atoms with Crippen molar-refractivity contribution >= 4 is 5.91 Å². The first-order valence-electron chi connectivity index (χ1n) is 4.92. The van der Waals surface area contributed by atoms with Crippen LogP contribution in [0.3, 0.4) is 0 Å². The molecule has 0 saturated carbocycles. The van der Waals surface area contributed by atoms with Crippen molar-refractivity contribution in [3.63, 3.8) is 0 Å².